The van der Waals surface area contributed by atoms with Gasteiger partial charge in [-0.05, 0) is 50.5 Å². The van der Waals surface area contributed by atoms with Gasteiger partial charge in [0.2, 0.25) is 0 Å². The van der Waals surface area contributed by atoms with Crippen molar-refractivity contribution in [3.63, 3.8) is 0 Å². The van der Waals surface area contributed by atoms with Gasteiger partial charge in [0.25, 0.3) is 0 Å². The third kappa shape index (κ3) is 3.32. The van der Waals surface area contributed by atoms with Gasteiger partial charge in [0.05, 0.1) is 7.11 Å². The van der Waals surface area contributed by atoms with Gasteiger partial charge in [0, 0.05) is 6.54 Å². The Labute approximate surface area is 129 Å². The van der Waals surface area contributed by atoms with Gasteiger partial charge >= 0.3 is 12.1 Å². The van der Waals surface area contributed by atoms with Crippen molar-refractivity contribution in [2.45, 2.75) is 38.8 Å². The summed E-state index contributed by atoms with van der Waals surface area (Å²) in [4.78, 5) is 25.2. The number of amides is 1. The summed E-state index contributed by atoms with van der Waals surface area (Å²) in [7, 11) is 1.56. The Morgan fingerprint density at radius 2 is 2.00 bits per heavy atom. The Morgan fingerprint density at radius 3 is 2.55 bits per heavy atom. The third-order valence-electron chi connectivity index (χ3n) is 3.44. The molecule has 2 rings (SSSR count). The lowest BCUT2D eigenvalue weighted by molar-refractivity contribution is -0.143. The highest BCUT2D eigenvalue weighted by Gasteiger charge is 2.38. The van der Waals surface area contributed by atoms with E-state index in [2.05, 4.69) is 0 Å². The van der Waals surface area contributed by atoms with Crippen LogP contribution in [0.25, 0.3) is 0 Å². The summed E-state index contributed by atoms with van der Waals surface area (Å²) in [5, 5.41) is 9.55. The Morgan fingerprint density at radius 1 is 1.32 bits per heavy atom. The molecular weight excluding hydrogens is 286 g/mol. The first-order valence-corrected chi connectivity index (χ1v) is 7.12. The number of carbonyl (C=O) groups is 2. The maximum atomic E-state index is 12.3. The molecule has 0 saturated carbocycles. The lowest BCUT2D eigenvalue weighted by atomic mass is 9.92. The van der Waals surface area contributed by atoms with Crippen LogP contribution in [0, 0.1) is 0 Å². The second kappa shape index (κ2) is 5.87. The average molecular weight is 307 g/mol. The van der Waals surface area contributed by atoms with E-state index in [0.717, 1.165) is 5.56 Å². The van der Waals surface area contributed by atoms with Gasteiger partial charge in [-0.2, -0.15) is 0 Å². The molecule has 6 nitrogen and oxygen atoms in total. The second-order valence-electron chi connectivity index (χ2n) is 6.23. The third-order valence-corrected chi connectivity index (χ3v) is 3.44. The minimum atomic E-state index is -1.07. The zero-order valence-corrected chi connectivity index (χ0v) is 13.3. The molecule has 0 aliphatic carbocycles. The van der Waals surface area contributed by atoms with E-state index in [-0.39, 0.29) is 0 Å². The van der Waals surface area contributed by atoms with Gasteiger partial charge in [-0.15, -0.1) is 0 Å². The molecule has 0 bridgehead atoms. The van der Waals surface area contributed by atoms with Crippen molar-refractivity contribution in [3.05, 3.63) is 29.3 Å². The summed E-state index contributed by atoms with van der Waals surface area (Å²) in [6.45, 7) is 5.56. The van der Waals surface area contributed by atoms with Crippen LogP contribution in [-0.4, -0.2) is 41.3 Å². The summed E-state index contributed by atoms with van der Waals surface area (Å²) in [5.41, 5.74) is 0.817. The van der Waals surface area contributed by atoms with Crippen LogP contribution in [0.1, 0.15) is 37.9 Å². The van der Waals surface area contributed by atoms with Crippen LogP contribution in [0.5, 0.6) is 5.75 Å². The molecule has 120 valence electrons. The fraction of sp³-hybridized carbons (Fsp3) is 0.500. The molecular formula is C16H21NO5. The number of hydrogen-bond acceptors (Lipinski definition) is 4. The standard InChI is InChI=1S/C16H21NO5/c1-16(2,3)22-15(20)17-8-7-10-9-11(21-4)5-6-12(10)13(17)14(18)19/h5-6,9,13H,7-8H2,1-4H3,(H,18,19)/t13-/m0/s1. The van der Waals surface area contributed by atoms with E-state index in [1.165, 1.54) is 4.90 Å². The Bertz CT molecular complexity index is 591. The number of methoxy groups -OCH3 is 1. The summed E-state index contributed by atoms with van der Waals surface area (Å²) in [5.74, 6) is -0.398. The van der Waals surface area contributed by atoms with Gasteiger partial charge in [-0.25, -0.2) is 9.59 Å². The zero-order valence-electron chi connectivity index (χ0n) is 13.3. The first kappa shape index (κ1) is 16.1. The van der Waals surface area contributed by atoms with Crippen LogP contribution in [0.3, 0.4) is 0 Å². The summed E-state index contributed by atoms with van der Waals surface area (Å²) in [6.07, 6.45) is -0.0448. The number of benzene rings is 1. The van der Waals surface area contributed by atoms with Gasteiger partial charge in [0.15, 0.2) is 6.04 Å². The van der Waals surface area contributed by atoms with Crippen LogP contribution in [0.15, 0.2) is 18.2 Å². The van der Waals surface area contributed by atoms with Crippen LogP contribution in [0.2, 0.25) is 0 Å². The first-order valence-electron chi connectivity index (χ1n) is 7.12. The van der Waals surface area contributed by atoms with Gasteiger partial charge < -0.3 is 14.6 Å². The number of hydrogen-bond donors (Lipinski definition) is 1. The predicted octanol–water partition coefficient (Wildman–Crippen LogP) is 2.61. The van der Waals surface area contributed by atoms with Crippen molar-refractivity contribution in [3.8, 4) is 5.75 Å². The first-order chi connectivity index (χ1) is 10.2. The number of ether oxygens (including phenoxy) is 2. The molecule has 0 radical (unpaired) electrons. The lowest BCUT2D eigenvalue weighted by Gasteiger charge is -2.35. The van der Waals surface area contributed by atoms with Crippen molar-refractivity contribution in [2.24, 2.45) is 0 Å². The van der Waals surface area contributed by atoms with Crippen molar-refractivity contribution in [1.29, 1.82) is 0 Å². The average Bonchev–Trinajstić information content (AvgIpc) is 2.43. The Kier molecular flexibility index (Phi) is 4.30. The molecule has 1 aliphatic heterocycles. The fourth-order valence-corrected chi connectivity index (χ4v) is 2.51. The van der Waals surface area contributed by atoms with Crippen LogP contribution in [0.4, 0.5) is 4.79 Å². The molecule has 1 amide bonds. The molecule has 1 atom stereocenters. The van der Waals surface area contributed by atoms with Crippen molar-refractivity contribution in [1.82, 2.24) is 4.90 Å². The van der Waals surface area contributed by atoms with Crippen molar-refractivity contribution in [2.75, 3.05) is 13.7 Å². The van der Waals surface area contributed by atoms with E-state index in [1.807, 2.05) is 6.07 Å². The number of rotatable bonds is 2. The molecule has 1 aromatic carbocycles. The van der Waals surface area contributed by atoms with Crippen LogP contribution in [-0.2, 0) is 16.0 Å². The smallest absolute Gasteiger partial charge is 0.411 e. The molecule has 0 saturated heterocycles. The zero-order chi connectivity index (χ0) is 16.5. The minimum Gasteiger partial charge on any atom is -0.497 e. The summed E-state index contributed by atoms with van der Waals surface area (Å²) in [6, 6.07) is 4.18. The highest BCUT2D eigenvalue weighted by Crippen LogP contribution is 2.33. The highest BCUT2D eigenvalue weighted by molar-refractivity contribution is 5.82. The maximum Gasteiger partial charge on any atom is 0.411 e. The molecule has 1 heterocycles. The monoisotopic (exact) mass is 307 g/mol. The van der Waals surface area contributed by atoms with Gasteiger partial charge in [-0.3, -0.25) is 4.90 Å². The van der Waals surface area contributed by atoms with Crippen molar-refractivity contribution >= 4 is 12.1 Å². The molecule has 0 spiro atoms. The fourth-order valence-electron chi connectivity index (χ4n) is 2.51. The number of carboxylic acids is 1. The van der Waals surface area contributed by atoms with Crippen LogP contribution >= 0.6 is 0 Å². The number of carbonyl (C=O) groups excluding carboxylic acids is 1. The van der Waals surface area contributed by atoms with Gasteiger partial charge in [0.1, 0.15) is 11.4 Å². The summed E-state index contributed by atoms with van der Waals surface area (Å²) >= 11 is 0. The molecule has 22 heavy (non-hydrogen) atoms. The predicted molar refractivity (Wildman–Crippen MR) is 80.0 cm³/mol. The lowest BCUT2D eigenvalue weighted by Crippen LogP contribution is -2.45. The topological polar surface area (TPSA) is 76.1 Å². The van der Waals surface area contributed by atoms with Gasteiger partial charge in [-0.1, -0.05) is 6.07 Å². The maximum absolute atomic E-state index is 12.3. The quantitative estimate of drug-likeness (QED) is 0.909. The molecule has 0 fully saturated rings. The largest absolute Gasteiger partial charge is 0.497 e. The van der Waals surface area contributed by atoms with E-state index >= 15 is 0 Å². The van der Waals surface area contributed by atoms with E-state index in [9.17, 15) is 14.7 Å². The normalized spacial score (nSPS) is 17.6. The number of carboxylic acid groups (broad SMARTS) is 1. The van der Waals surface area contributed by atoms with E-state index in [0.29, 0.717) is 24.3 Å². The molecule has 1 N–H and O–H groups in total. The number of nitrogens with zero attached hydrogens (tertiary/aromatic N) is 1. The molecule has 0 aromatic heterocycles. The Balaban J connectivity index is 2.34. The molecule has 6 heteroatoms. The van der Waals surface area contributed by atoms with E-state index in [1.54, 1.807) is 40.0 Å². The minimum absolute atomic E-state index is 0.298. The molecule has 1 aliphatic rings. The van der Waals surface area contributed by atoms with E-state index < -0.39 is 23.7 Å². The summed E-state index contributed by atoms with van der Waals surface area (Å²) < 4.78 is 10.5. The Hall–Kier alpha value is -2.24. The SMILES string of the molecule is COc1ccc2c(c1)CCN(C(=O)OC(C)(C)C)[C@@H]2C(=O)O. The second-order valence-corrected chi connectivity index (χ2v) is 6.23. The van der Waals surface area contributed by atoms with Crippen molar-refractivity contribution < 1.29 is 24.2 Å². The highest BCUT2D eigenvalue weighted by atomic mass is 16.6. The number of fused-ring (bicyclic) bond motifs is 1. The molecule has 1 aromatic rings. The number of aliphatic carboxylic acids is 1. The molecule has 0 unspecified atom stereocenters. The van der Waals surface area contributed by atoms with Crippen LogP contribution < -0.4 is 4.74 Å². The van der Waals surface area contributed by atoms with E-state index in [4.69, 9.17) is 9.47 Å².